The maximum atomic E-state index is 12.0. The number of rotatable bonds is 1. The number of pyridine rings is 1. The van der Waals surface area contributed by atoms with Crippen molar-refractivity contribution < 1.29 is 0 Å². The Morgan fingerprint density at radius 1 is 1.22 bits per heavy atom. The summed E-state index contributed by atoms with van der Waals surface area (Å²) in [6, 6.07) is 1.83. The zero-order chi connectivity index (χ0) is 12.5. The van der Waals surface area contributed by atoms with Crippen LogP contribution >= 0.6 is 12.2 Å². The molecule has 4 heteroatoms. The number of nitrogens with zero attached hydrogens (tertiary/aromatic N) is 2. The van der Waals surface area contributed by atoms with Gasteiger partial charge in [-0.25, -0.2) is 4.98 Å². The van der Waals surface area contributed by atoms with Gasteiger partial charge in [0.05, 0.1) is 5.56 Å². The van der Waals surface area contributed by atoms with Gasteiger partial charge < -0.3 is 0 Å². The molecule has 88 valence electrons. The van der Waals surface area contributed by atoms with E-state index >= 15 is 0 Å². The predicted molar refractivity (Wildman–Crippen MR) is 74.2 cm³/mol. The van der Waals surface area contributed by atoms with Gasteiger partial charge in [0, 0.05) is 35.4 Å². The fourth-order valence-corrected chi connectivity index (χ4v) is 2.49. The van der Waals surface area contributed by atoms with Crippen LogP contribution in [0, 0.1) is 0 Å². The number of hydrogen-bond acceptors (Lipinski definition) is 4. The molecule has 0 saturated carbocycles. The van der Waals surface area contributed by atoms with Crippen molar-refractivity contribution in [2.24, 2.45) is 0 Å². The van der Waals surface area contributed by atoms with E-state index in [1.165, 1.54) is 6.20 Å². The fourth-order valence-electron chi connectivity index (χ4n) is 2.30. The van der Waals surface area contributed by atoms with Crippen molar-refractivity contribution in [2.75, 3.05) is 0 Å². The predicted octanol–water partition coefficient (Wildman–Crippen LogP) is 1.94. The lowest BCUT2D eigenvalue weighted by atomic mass is 9.94. The maximum absolute atomic E-state index is 12.0. The smallest absolute Gasteiger partial charge is 0.267 e. The van der Waals surface area contributed by atoms with Crippen molar-refractivity contribution in [3.63, 3.8) is 0 Å². The molecule has 0 aromatic heterocycles. The Morgan fingerprint density at radius 3 is 2.89 bits per heavy atom. The van der Waals surface area contributed by atoms with Gasteiger partial charge in [-0.3, -0.25) is 9.78 Å². The van der Waals surface area contributed by atoms with Gasteiger partial charge >= 0.3 is 0 Å². The van der Waals surface area contributed by atoms with E-state index < -0.39 is 0 Å². The molecule has 2 aliphatic heterocycles. The molecule has 3 nitrogen and oxygen atoms in total. The summed E-state index contributed by atoms with van der Waals surface area (Å²) in [6.45, 7) is 0. The summed E-state index contributed by atoms with van der Waals surface area (Å²) in [5, 5.41) is 1.56. The number of allylic oxidation sites excluding steroid dienone is 2. The minimum atomic E-state index is -0.199. The van der Waals surface area contributed by atoms with Gasteiger partial charge in [0.25, 0.3) is 5.56 Å². The summed E-state index contributed by atoms with van der Waals surface area (Å²) in [4.78, 5) is 20.4. The van der Waals surface area contributed by atoms with Crippen LogP contribution in [0.5, 0.6) is 0 Å². The van der Waals surface area contributed by atoms with Crippen LogP contribution in [0.25, 0.3) is 11.1 Å². The molecule has 3 aliphatic rings. The lowest BCUT2D eigenvalue weighted by Crippen LogP contribution is -2.13. The van der Waals surface area contributed by atoms with Gasteiger partial charge in [0.1, 0.15) is 0 Å². The molecule has 0 spiro atoms. The maximum Gasteiger partial charge on any atom is 0.277 e. The first-order valence-electron chi connectivity index (χ1n) is 5.71. The molecule has 0 unspecified atom stereocenters. The second-order valence-corrected chi connectivity index (χ2v) is 4.41. The zero-order valence-electron chi connectivity index (χ0n) is 9.59. The molecule has 0 N–H and O–H groups in total. The highest BCUT2D eigenvalue weighted by Crippen LogP contribution is 2.27. The second-order valence-electron chi connectivity index (χ2n) is 4.17. The van der Waals surface area contributed by atoms with Crippen molar-refractivity contribution in [1.29, 1.82) is 0 Å². The summed E-state index contributed by atoms with van der Waals surface area (Å²) in [6.07, 6.45) is 8.88. The molecule has 0 aromatic rings. The van der Waals surface area contributed by atoms with E-state index in [-0.39, 0.29) is 5.56 Å². The standard InChI is InChI=1S/C14H10N2OS/c17-14-13-10(5-6-15-14)9(8-18)7-16-12-4-2-1-3-11(12)13/h1-2,5-8H,3-4H2. The number of fused-ring (bicyclic) bond motifs is 3. The lowest BCUT2D eigenvalue weighted by molar-refractivity contribution is 1.02. The van der Waals surface area contributed by atoms with Crippen molar-refractivity contribution in [2.45, 2.75) is 12.8 Å². The third-order valence-corrected chi connectivity index (χ3v) is 3.42. The van der Waals surface area contributed by atoms with Crippen molar-refractivity contribution >= 4 is 17.6 Å². The van der Waals surface area contributed by atoms with Crippen LogP contribution in [0.1, 0.15) is 16.8 Å². The first kappa shape index (κ1) is 11.2. The molecule has 1 aliphatic carbocycles. The molecule has 0 saturated heterocycles. The summed E-state index contributed by atoms with van der Waals surface area (Å²) >= 11 is 5.01. The number of hydrogen-bond donors (Lipinski definition) is 0. The summed E-state index contributed by atoms with van der Waals surface area (Å²) in [5.41, 5.74) is 4.02. The average Bonchev–Trinajstić information content (AvgIpc) is 2.56. The van der Waals surface area contributed by atoms with Crippen LogP contribution in [0.4, 0.5) is 0 Å². The first-order valence-corrected chi connectivity index (χ1v) is 6.18. The van der Waals surface area contributed by atoms with Gasteiger partial charge in [0.2, 0.25) is 0 Å². The minimum absolute atomic E-state index is 0.199. The highest BCUT2D eigenvalue weighted by molar-refractivity contribution is 7.79. The van der Waals surface area contributed by atoms with Crippen LogP contribution in [0.2, 0.25) is 0 Å². The van der Waals surface area contributed by atoms with Crippen LogP contribution < -0.4 is 5.56 Å². The molecular weight excluding hydrogens is 244 g/mol. The van der Waals surface area contributed by atoms with E-state index in [0.29, 0.717) is 5.56 Å². The molecule has 0 bridgehead atoms. The zero-order valence-corrected chi connectivity index (χ0v) is 10.4. The van der Waals surface area contributed by atoms with Gasteiger partial charge in [-0.1, -0.05) is 24.4 Å². The lowest BCUT2D eigenvalue weighted by Gasteiger charge is -2.10. The Labute approximate surface area is 110 Å². The minimum Gasteiger partial charge on any atom is -0.267 e. The quantitative estimate of drug-likeness (QED) is 0.576. The van der Waals surface area contributed by atoms with Crippen LogP contribution in [0.15, 0.2) is 35.4 Å². The van der Waals surface area contributed by atoms with Gasteiger partial charge in [-0.2, -0.15) is 0 Å². The van der Waals surface area contributed by atoms with E-state index in [1.807, 2.05) is 6.07 Å². The highest BCUT2D eigenvalue weighted by Gasteiger charge is 2.18. The Bertz CT molecular complexity index is 694. The normalized spacial score (nSPS) is 13.3. The SMILES string of the molecule is O=c1nccc2c(C=S)cnc3c(c1-2)CC=CC3. The largest absolute Gasteiger partial charge is 0.277 e. The molecule has 0 aromatic carbocycles. The molecule has 18 heavy (non-hydrogen) atoms. The Hall–Kier alpha value is -1.94. The molecule has 0 atom stereocenters. The molecule has 0 amide bonds. The molecule has 2 heterocycles. The summed E-state index contributed by atoms with van der Waals surface area (Å²) in [5.74, 6) is 0. The number of thiocarbonyl (C=S) groups is 1. The number of aromatic nitrogens is 2. The van der Waals surface area contributed by atoms with E-state index in [1.54, 1.807) is 11.6 Å². The third kappa shape index (κ3) is 1.66. The molecular formula is C14H10N2OS. The monoisotopic (exact) mass is 254 g/mol. The Balaban J connectivity index is 2.47. The van der Waals surface area contributed by atoms with E-state index in [9.17, 15) is 4.79 Å². The first-order chi connectivity index (χ1) is 8.81. The molecule has 0 radical (unpaired) electrons. The van der Waals surface area contributed by atoms with Crippen molar-refractivity contribution in [3.05, 3.63) is 57.8 Å². The second kappa shape index (κ2) is 4.38. The highest BCUT2D eigenvalue weighted by atomic mass is 32.1. The van der Waals surface area contributed by atoms with Gasteiger partial charge in [-0.05, 0) is 23.6 Å². The molecule has 0 fully saturated rings. The van der Waals surface area contributed by atoms with Crippen LogP contribution in [-0.2, 0) is 12.8 Å². The van der Waals surface area contributed by atoms with E-state index in [0.717, 1.165) is 35.2 Å². The Kier molecular flexibility index (Phi) is 2.72. The van der Waals surface area contributed by atoms with Gasteiger partial charge in [0.15, 0.2) is 0 Å². The van der Waals surface area contributed by atoms with Gasteiger partial charge in [-0.15, -0.1) is 0 Å². The topological polar surface area (TPSA) is 42.9 Å². The van der Waals surface area contributed by atoms with Crippen molar-refractivity contribution in [3.8, 4) is 11.1 Å². The van der Waals surface area contributed by atoms with Crippen LogP contribution in [-0.4, -0.2) is 15.3 Å². The average molecular weight is 254 g/mol. The fraction of sp³-hybridized carbons (Fsp3) is 0.143. The van der Waals surface area contributed by atoms with E-state index in [2.05, 4.69) is 22.1 Å². The summed E-state index contributed by atoms with van der Waals surface area (Å²) in [7, 11) is 0. The van der Waals surface area contributed by atoms with Crippen molar-refractivity contribution in [1.82, 2.24) is 9.97 Å². The third-order valence-electron chi connectivity index (χ3n) is 3.16. The Morgan fingerprint density at radius 2 is 2.06 bits per heavy atom. The molecule has 3 rings (SSSR count). The summed E-state index contributed by atoms with van der Waals surface area (Å²) < 4.78 is 0. The van der Waals surface area contributed by atoms with Crippen LogP contribution in [0.3, 0.4) is 0 Å². The van der Waals surface area contributed by atoms with E-state index in [4.69, 9.17) is 12.2 Å².